The van der Waals surface area contributed by atoms with Crippen molar-refractivity contribution in [2.45, 2.75) is 0 Å². The summed E-state index contributed by atoms with van der Waals surface area (Å²) in [6, 6.07) is 54.2. The summed E-state index contributed by atoms with van der Waals surface area (Å²) in [5, 5.41) is 4.53. The number of aromatic nitrogens is 2. The summed E-state index contributed by atoms with van der Waals surface area (Å²) in [7, 11) is 0. The van der Waals surface area contributed by atoms with Crippen molar-refractivity contribution < 1.29 is 4.39 Å². The van der Waals surface area contributed by atoms with Gasteiger partial charge in [0.2, 0.25) is 0 Å². The molecule has 0 atom stereocenters. The first-order chi connectivity index (χ1) is 23.1. The molecule has 2 nitrogen and oxygen atoms in total. The van der Waals surface area contributed by atoms with Crippen LogP contribution in [-0.2, 0) is 0 Å². The molecule has 10 rings (SSSR count). The zero-order chi connectivity index (χ0) is 31.2. The average Bonchev–Trinajstić information content (AvgIpc) is 3.73. The molecule has 224 valence electrons. The summed E-state index contributed by atoms with van der Waals surface area (Å²) >= 11 is 0.460. The van der Waals surface area contributed by atoms with Crippen molar-refractivity contribution in [2.24, 2.45) is 0 Å². The van der Waals surface area contributed by atoms with Crippen molar-refractivity contribution >= 4 is 86.0 Å². The minimum absolute atomic E-state index is 0.215. The second-order valence-electron chi connectivity index (χ2n) is 11.9. The summed E-state index contributed by atoms with van der Waals surface area (Å²) in [4.78, 5) is 0. The number of para-hydroxylation sites is 2. The molecular weight excluding hydrogens is 805 g/mol. The fourth-order valence-corrected chi connectivity index (χ4v) is 14.1. The van der Waals surface area contributed by atoms with Gasteiger partial charge in [0.25, 0.3) is 0 Å². The van der Waals surface area contributed by atoms with Gasteiger partial charge in [0, 0.05) is 0 Å². The van der Waals surface area contributed by atoms with Gasteiger partial charge in [-0.05, 0) is 0 Å². The van der Waals surface area contributed by atoms with Gasteiger partial charge in [-0.1, -0.05) is 0 Å². The van der Waals surface area contributed by atoms with E-state index >= 15 is 0 Å². The predicted octanol–water partition coefficient (Wildman–Crippen LogP) is 12.0. The van der Waals surface area contributed by atoms with Crippen LogP contribution in [0.4, 0.5) is 4.39 Å². The molecule has 3 heterocycles. The number of hydrogen-bond donors (Lipinski definition) is 0. The van der Waals surface area contributed by atoms with Crippen LogP contribution in [0.2, 0.25) is 0 Å². The molecule has 0 unspecified atom stereocenters. The van der Waals surface area contributed by atoms with Crippen molar-refractivity contribution in [1.82, 2.24) is 9.13 Å². The first-order valence-corrected chi connectivity index (χ1v) is 19.9. The monoisotopic (exact) mass is 830 g/mol. The predicted molar refractivity (Wildman–Crippen MR) is 210 cm³/mol. The summed E-state index contributed by atoms with van der Waals surface area (Å²) in [5.41, 5.74) is 9.41. The number of hydrogen-bond acceptors (Lipinski definition) is 0. The number of rotatable bonds is 3. The Kier molecular flexibility index (Phi) is 6.18. The Balaban J connectivity index is 1.24. The van der Waals surface area contributed by atoms with E-state index in [-0.39, 0.29) is 5.82 Å². The molecule has 0 aliphatic carbocycles. The minimum atomic E-state index is -1.95. The fraction of sp³-hybridized carbons (Fsp3) is 0. The van der Waals surface area contributed by atoms with E-state index in [1.807, 2.05) is 12.1 Å². The van der Waals surface area contributed by atoms with Crippen LogP contribution >= 0.6 is 42.4 Å². The first-order valence-electron chi connectivity index (χ1n) is 15.6. The number of halogens is 3. The van der Waals surface area contributed by atoms with Gasteiger partial charge in [0.05, 0.1) is 0 Å². The van der Waals surface area contributed by atoms with Gasteiger partial charge < -0.3 is 0 Å². The molecule has 0 saturated carbocycles. The molecule has 7 aromatic carbocycles. The molecule has 0 amide bonds. The van der Waals surface area contributed by atoms with E-state index in [1.165, 1.54) is 52.9 Å². The van der Waals surface area contributed by atoms with E-state index in [2.05, 4.69) is 159 Å². The molecule has 0 spiro atoms. The van der Waals surface area contributed by atoms with Gasteiger partial charge in [-0.25, -0.2) is 0 Å². The first kappa shape index (κ1) is 27.6. The van der Waals surface area contributed by atoms with Gasteiger partial charge in [-0.3, -0.25) is 0 Å². The van der Waals surface area contributed by atoms with Crippen LogP contribution in [0.5, 0.6) is 0 Å². The van der Waals surface area contributed by atoms with Gasteiger partial charge in [0.1, 0.15) is 0 Å². The Morgan fingerprint density at radius 3 is 1.57 bits per heavy atom. The van der Waals surface area contributed by atoms with Gasteiger partial charge >= 0.3 is 294 Å². The molecule has 9 aromatic rings. The molecule has 0 N–H and O–H groups in total. The molecule has 0 saturated heterocycles. The third-order valence-electron chi connectivity index (χ3n) is 9.33. The van der Waals surface area contributed by atoms with E-state index in [4.69, 9.17) is 0 Å². The maximum atomic E-state index is 14.5. The zero-order valence-electron chi connectivity index (χ0n) is 25.0. The standard InChI is InChI=1S/C42H25FI2N2/c43-26-14-20-41-35(22-26)31-10-4-6-12-39(31)46(41)29-16-18-37-33(24-29)34-25-30(17-19-38(34)45(37)28-8-2-1-3-9-28)47-40-13-7-5-11-32(40)36-23-27(44)15-21-42(36)47/h1-25H. The quantitative estimate of drug-likeness (QED) is 0.157. The second-order valence-corrected chi connectivity index (χ2v) is 18.4. The normalized spacial score (nSPS) is 13.2. The van der Waals surface area contributed by atoms with E-state index in [0.29, 0.717) is 0 Å². The van der Waals surface area contributed by atoms with Crippen molar-refractivity contribution in [1.29, 1.82) is 0 Å². The Hall–Kier alpha value is -4.47. The van der Waals surface area contributed by atoms with Crippen molar-refractivity contribution in [2.75, 3.05) is 0 Å². The van der Waals surface area contributed by atoms with Crippen LogP contribution in [0.25, 0.3) is 66.1 Å². The third kappa shape index (κ3) is 4.12. The van der Waals surface area contributed by atoms with E-state index in [1.54, 1.807) is 12.1 Å². The van der Waals surface area contributed by atoms with E-state index < -0.39 is 19.8 Å². The summed E-state index contributed by atoms with van der Waals surface area (Å²) in [5.74, 6) is -0.215. The molecule has 0 bridgehead atoms. The van der Waals surface area contributed by atoms with Crippen LogP contribution in [0.1, 0.15) is 0 Å². The van der Waals surface area contributed by atoms with Crippen LogP contribution < -0.4 is 0 Å². The van der Waals surface area contributed by atoms with Crippen LogP contribution in [0, 0.1) is 20.1 Å². The molecule has 5 heteroatoms. The van der Waals surface area contributed by atoms with Gasteiger partial charge in [-0.2, -0.15) is 0 Å². The molecule has 1 aliphatic rings. The zero-order valence-corrected chi connectivity index (χ0v) is 29.3. The number of fused-ring (bicyclic) bond motifs is 9. The van der Waals surface area contributed by atoms with Crippen LogP contribution in [0.15, 0.2) is 152 Å². The fourth-order valence-electron chi connectivity index (χ4n) is 7.38. The van der Waals surface area contributed by atoms with Crippen molar-refractivity contribution in [3.05, 3.63) is 172 Å². The number of nitrogens with zero attached hydrogens (tertiary/aromatic N) is 2. The Morgan fingerprint density at radius 1 is 0.447 bits per heavy atom. The average molecular weight is 830 g/mol. The Labute approximate surface area is 291 Å². The Morgan fingerprint density at radius 2 is 0.957 bits per heavy atom. The summed E-state index contributed by atoms with van der Waals surface area (Å²) < 4.78 is 24.8. The van der Waals surface area contributed by atoms with E-state index in [0.717, 1.165) is 27.5 Å². The van der Waals surface area contributed by atoms with Crippen LogP contribution in [-0.4, -0.2) is 9.13 Å². The van der Waals surface area contributed by atoms with Gasteiger partial charge in [0.15, 0.2) is 0 Å². The summed E-state index contributed by atoms with van der Waals surface area (Å²) in [6.07, 6.45) is 0. The molecule has 0 radical (unpaired) electrons. The molecule has 2 aromatic heterocycles. The Bertz CT molecular complexity index is 2550. The third-order valence-corrected chi connectivity index (χ3v) is 16.2. The van der Waals surface area contributed by atoms with Crippen molar-refractivity contribution in [3.63, 3.8) is 0 Å². The SMILES string of the molecule is Fc1ccc2c(c1)c1ccccc1n2-c1ccc2c(c1)-c1cc(-n3c4ccccc4c4cc(I)ccc43)ccc1I2c1ccccc1. The molecule has 1 aliphatic heterocycles. The van der Waals surface area contributed by atoms with Crippen LogP contribution in [0.3, 0.4) is 0 Å². The molecular formula is C42H25FI2N2. The second kappa shape index (κ2) is 10.5. The molecule has 0 fully saturated rings. The van der Waals surface area contributed by atoms with Gasteiger partial charge in [-0.15, -0.1) is 0 Å². The topological polar surface area (TPSA) is 9.86 Å². The van der Waals surface area contributed by atoms with E-state index in [9.17, 15) is 4.39 Å². The maximum absolute atomic E-state index is 14.5. The molecule has 47 heavy (non-hydrogen) atoms. The van der Waals surface area contributed by atoms with Crippen molar-refractivity contribution in [3.8, 4) is 22.5 Å². The summed E-state index contributed by atoms with van der Waals surface area (Å²) in [6.45, 7) is 0. The number of benzene rings is 7.